The zero-order chi connectivity index (χ0) is 22.9. The Morgan fingerprint density at radius 2 is 1.88 bits per heavy atom. The van der Waals surface area contributed by atoms with E-state index < -0.39 is 6.03 Å². The summed E-state index contributed by atoms with van der Waals surface area (Å²) in [6.07, 6.45) is 6.10. The van der Waals surface area contributed by atoms with Gasteiger partial charge in [0.1, 0.15) is 11.9 Å². The maximum Gasteiger partial charge on any atom is 0.324 e. The van der Waals surface area contributed by atoms with E-state index in [9.17, 15) is 9.70 Å². The van der Waals surface area contributed by atoms with Gasteiger partial charge in [-0.3, -0.25) is 5.32 Å². The van der Waals surface area contributed by atoms with Crippen LogP contribution in [0.5, 0.6) is 0 Å². The number of carbonyl (C=O) groups is 1. The Morgan fingerprint density at radius 3 is 2.67 bits per heavy atom. The van der Waals surface area contributed by atoms with Gasteiger partial charge in [0.05, 0.1) is 27.1 Å². The second kappa shape index (κ2) is 9.15. The van der Waals surface area contributed by atoms with Crippen molar-refractivity contribution in [1.82, 2.24) is 9.78 Å². The third-order valence-electron chi connectivity index (χ3n) is 6.49. The smallest absolute Gasteiger partial charge is 0.306 e. The summed E-state index contributed by atoms with van der Waals surface area (Å²) < 4.78 is 1.73. The average molecular weight is 484 g/mol. The van der Waals surface area contributed by atoms with Crippen LogP contribution in [0.2, 0.25) is 10.0 Å². The maximum absolute atomic E-state index is 12.8. The van der Waals surface area contributed by atoms with Crippen molar-refractivity contribution in [3.05, 3.63) is 74.2 Å². The van der Waals surface area contributed by atoms with E-state index in [0.29, 0.717) is 22.4 Å². The standard InChI is InChI=1S/C24H23Cl2N5O2/c25-18-6-3-7-20(23(18)26)27-24(32)28-22-13-21(15-4-1-2-5-15)29-31(22)16-10-8-14-9-11-19(30-33)17(14)12-16/h3,6-8,10,12-13,15,19H,1-2,4-5,9,11H2,(H2,27,28,32). The molecule has 2 N–H and O–H groups in total. The summed E-state index contributed by atoms with van der Waals surface area (Å²) in [7, 11) is 0. The van der Waals surface area contributed by atoms with Crippen LogP contribution in [0.15, 0.2) is 47.6 Å². The number of amides is 2. The molecule has 1 atom stereocenters. The number of nitrogens with one attached hydrogen (secondary N) is 2. The summed E-state index contributed by atoms with van der Waals surface area (Å²) in [5, 5.41) is 14.4. The molecule has 33 heavy (non-hydrogen) atoms. The fourth-order valence-corrected chi connectivity index (χ4v) is 5.13. The highest BCUT2D eigenvalue weighted by Crippen LogP contribution is 2.38. The molecule has 0 bridgehead atoms. The Morgan fingerprint density at radius 1 is 1.06 bits per heavy atom. The van der Waals surface area contributed by atoms with E-state index in [4.69, 9.17) is 28.3 Å². The van der Waals surface area contributed by atoms with Crippen LogP contribution in [0.1, 0.15) is 60.9 Å². The van der Waals surface area contributed by atoms with Crippen LogP contribution in [-0.2, 0) is 6.42 Å². The van der Waals surface area contributed by atoms with Gasteiger partial charge in [-0.05, 0) is 61.1 Å². The molecule has 0 saturated heterocycles. The van der Waals surface area contributed by atoms with Gasteiger partial charge in [0.25, 0.3) is 0 Å². The molecule has 170 valence electrons. The molecule has 9 heteroatoms. The molecule has 1 heterocycles. The molecule has 0 spiro atoms. The van der Waals surface area contributed by atoms with Crippen molar-refractivity contribution >= 4 is 40.7 Å². The third-order valence-corrected chi connectivity index (χ3v) is 7.31. The lowest BCUT2D eigenvalue weighted by Gasteiger charge is -2.12. The van der Waals surface area contributed by atoms with Crippen LogP contribution in [0.25, 0.3) is 5.69 Å². The van der Waals surface area contributed by atoms with Crippen molar-refractivity contribution in [3.63, 3.8) is 0 Å². The number of hydrogen-bond acceptors (Lipinski definition) is 4. The number of aromatic nitrogens is 2. The summed E-state index contributed by atoms with van der Waals surface area (Å²) in [5.41, 5.74) is 4.22. The molecule has 1 fully saturated rings. The first-order valence-corrected chi connectivity index (χ1v) is 11.9. The van der Waals surface area contributed by atoms with Gasteiger partial charge in [-0.25, -0.2) is 9.48 Å². The molecule has 5 rings (SSSR count). The molecule has 0 radical (unpaired) electrons. The molecule has 2 amide bonds. The second-order valence-electron chi connectivity index (χ2n) is 8.57. The lowest BCUT2D eigenvalue weighted by molar-refractivity contribution is 0.262. The molecule has 0 aliphatic heterocycles. The molecule has 1 aromatic heterocycles. The van der Waals surface area contributed by atoms with E-state index in [1.807, 2.05) is 24.3 Å². The summed E-state index contributed by atoms with van der Waals surface area (Å²) in [5.74, 6) is 0.914. The van der Waals surface area contributed by atoms with Crippen LogP contribution in [0.4, 0.5) is 16.3 Å². The number of halogens is 2. The number of nitrogens with zero attached hydrogens (tertiary/aromatic N) is 3. The molecule has 2 aliphatic carbocycles. The first kappa shape index (κ1) is 21.9. The van der Waals surface area contributed by atoms with Gasteiger partial charge in [-0.1, -0.05) is 53.4 Å². The summed E-state index contributed by atoms with van der Waals surface area (Å²) in [4.78, 5) is 24.1. The van der Waals surface area contributed by atoms with Crippen molar-refractivity contribution in [1.29, 1.82) is 0 Å². The van der Waals surface area contributed by atoms with E-state index in [1.165, 1.54) is 12.8 Å². The highest BCUT2D eigenvalue weighted by atomic mass is 35.5. The number of rotatable bonds is 5. The van der Waals surface area contributed by atoms with Crippen LogP contribution in [-0.4, -0.2) is 15.8 Å². The number of benzene rings is 2. The predicted octanol–water partition coefficient (Wildman–Crippen LogP) is 7.23. The number of hydrogen-bond donors (Lipinski definition) is 2. The monoisotopic (exact) mass is 483 g/mol. The molecule has 7 nitrogen and oxygen atoms in total. The second-order valence-corrected chi connectivity index (χ2v) is 9.36. The number of carbonyl (C=O) groups excluding carboxylic acids is 1. The summed E-state index contributed by atoms with van der Waals surface area (Å²) in [6, 6.07) is 12.1. The van der Waals surface area contributed by atoms with Crippen molar-refractivity contribution in [2.24, 2.45) is 5.18 Å². The third kappa shape index (κ3) is 4.35. The van der Waals surface area contributed by atoms with Gasteiger partial charge < -0.3 is 5.32 Å². The van der Waals surface area contributed by atoms with Crippen LogP contribution in [0, 0.1) is 4.91 Å². The first-order valence-electron chi connectivity index (χ1n) is 11.1. The van der Waals surface area contributed by atoms with Gasteiger partial charge in [0.2, 0.25) is 0 Å². The average Bonchev–Trinajstić information content (AvgIpc) is 3.55. The molecule has 2 aromatic carbocycles. The Kier molecular flexibility index (Phi) is 6.08. The number of fused-ring (bicyclic) bond motifs is 1. The maximum atomic E-state index is 12.8. The largest absolute Gasteiger partial charge is 0.324 e. The van der Waals surface area contributed by atoms with Crippen LogP contribution >= 0.6 is 23.2 Å². The molecule has 3 aromatic rings. The van der Waals surface area contributed by atoms with E-state index in [1.54, 1.807) is 22.9 Å². The fourth-order valence-electron chi connectivity index (χ4n) is 4.79. The summed E-state index contributed by atoms with van der Waals surface area (Å²) >= 11 is 12.3. The first-order chi connectivity index (χ1) is 16.0. The number of nitroso groups, excluding NO2 is 1. The molecule has 2 aliphatic rings. The minimum absolute atomic E-state index is 0.278. The highest BCUT2D eigenvalue weighted by Gasteiger charge is 2.26. The molecule has 1 saturated carbocycles. The Balaban J connectivity index is 1.47. The van der Waals surface area contributed by atoms with Gasteiger partial charge in [-0.15, -0.1) is 0 Å². The number of urea groups is 1. The Hall–Kier alpha value is -2.90. The molecule has 1 unspecified atom stereocenters. The van der Waals surface area contributed by atoms with E-state index in [-0.39, 0.29) is 11.1 Å². The van der Waals surface area contributed by atoms with Gasteiger partial charge in [0, 0.05) is 12.0 Å². The van der Waals surface area contributed by atoms with E-state index in [2.05, 4.69) is 15.8 Å². The van der Waals surface area contributed by atoms with Gasteiger partial charge in [0.15, 0.2) is 0 Å². The van der Waals surface area contributed by atoms with Crippen molar-refractivity contribution in [2.45, 2.75) is 50.5 Å². The zero-order valence-electron chi connectivity index (χ0n) is 17.9. The van der Waals surface area contributed by atoms with Gasteiger partial charge in [-0.2, -0.15) is 10.0 Å². The van der Waals surface area contributed by atoms with Crippen molar-refractivity contribution in [3.8, 4) is 5.69 Å². The normalized spacial score (nSPS) is 17.7. The number of anilines is 2. The zero-order valence-corrected chi connectivity index (χ0v) is 19.4. The van der Waals surface area contributed by atoms with E-state index >= 15 is 0 Å². The Bertz CT molecular complexity index is 1220. The topological polar surface area (TPSA) is 88.4 Å². The lowest BCUT2D eigenvalue weighted by Crippen LogP contribution is -2.21. The van der Waals surface area contributed by atoms with Crippen molar-refractivity contribution in [2.75, 3.05) is 10.6 Å². The van der Waals surface area contributed by atoms with Crippen LogP contribution in [0.3, 0.4) is 0 Å². The fraction of sp³-hybridized carbons (Fsp3) is 0.333. The Labute approximate surface area is 201 Å². The van der Waals surface area contributed by atoms with Crippen LogP contribution < -0.4 is 10.6 Å². The number of aryl methyl sites for hydroxylation is 1. The predicted molar refractivity (Wildman–Crippen MR) is 131 cm³/mol. The minimum Gasteiger partial charge on any atom is -0.306 e. The molecular weight excluding hydrogens is 461 g/mol. The summed E-state index contributed by atoms with van der Waals surface area (Å²) in [6.45, 7) is 0. The molecular formula is C24H23Cl2N5O2. The lowest BCUT2D eigenvalue weighted by atomic mass is 10.0. The minimum atomic E-state index is -0.452. The van der Waals surface area contributed by atoms with Gasteiger partial charge >= 0.3 is 6.03 Å². The highest BCUT2D eigenvalue weighted by molar-refractivity contribution is 6.44. The van der Waals surface area contributed by atoms with Crippen molar-refractivity contribution < 1.29 is 4.79 Å². The van der Waals surface area contributed by atoms with E-state index in [0.717, 1.165) is 48.2 Å². The SMILES string of the molecule is O=NC1CCc2ccc(-n3nc(C4CCCC4)cc3NC(=O)Nc3cccc(Cl)c3Cl)cc21. The quantitative estimate of drug-likeness (QED) is 0.374.